The highest BCUT2D eigenvalue weighted by Gasteiger charge is 2.22. The molecule has 0 spiro atoms. The van der Waals surface area contributed by atoms with Gasteiger partial charge in [0.2, 0.25) is 0 Å². The molecule has 0 fully saturated rings. The van der Waals surface area contributed by atoms with Crippen molar-refractivity contribution in [1.29, 1.82) is 0 Å². The lowest BCUT2D eigenvalue weighted by Crippen LogP contribution is -2.34. The highest BCUT2D eigenvalue weighted by Crippen LogP contribution is 2.30. The number of hydrogen-bond donors (Lipinski definition) is 1. The number of rotatable bonds is 3. The summed E-state index contributed by atoms with van der Waals surface area (Å²) < 4.78 is 6.43. The predicted molar refractivity (Wildman–Crippen MR) is 90.6 cm³/mol. The maximum absolute atomic E-state index is 12.1. The van der Waals surface area contributed by atoms with Crippen LogP contribution in [0, 0.1) is 0 Å². The molecule has 3 nitrogen and oxygen atoms in total. The van der Waals surface area contributed by atoms with Gasteiger partial charge >= 0.3 is 5.97 Å². The van der Waals surface area contributed by atoms with Crippen LogP contribution in [-0.4, -0.2) is 17.6 Å². The summed E-state index contributed by atoms with van der Waals surface area (Å²) in [4.78, 5) is 12.1. The lowest BCUT2D eigenvalue weighted by Gasteiger charge is -2.23. The van der Waals surface area contributed by atoms with Crippen LogP contribution in [0.1, 0.15) is 27.7 Å². The molecule has 0 bridgehead atoms. The normalized spacial score (nSPS) is 13.0. The average molecular weight is 350 g/mol. The fourth-order valence-corrected chi connectivity index (χ4v) is 2.55. The number of esters is 1. The highest BCUT2D eigenvalue weighted by molar-refractivity contribution is 9.10. The molecule has 0 aliphatic heterocycles. The van der Waals surface area contributed by atoms with E-state index >= 15 is 0 Å². The first-order chi connectivity index (χ1) is 9.78. The van der Waals surface area contributed by atoms with E-state index < -0.39 is 11.6 Å². The van der Waals surface area contributed by atoms with E-state index in [1.807, 2.05) is 64.1 Å². The maximum atomic E-state index is 12.1. The summed E-state index contributed by atoms with van der Waals surface area (Å²) in [6.07, 6.45) is 0. The predicted octanol–water partition coefficient (Wildman–Crippen LogP) is 4.74. The van der Waals surface area contributed by atoms with E-state index in [2.05, 4.69) is 21.2 Å². The molecule has 0 saturated heterocycles. The van der Waals surface area contributed by atoms with Crippen LogP contribution in [0.25, 0.3) is 10.8 Å². The monoisotopic (exact) mass is 349 g/mol. The van der Waals surface area contributed by atoms with E-state index in [1.54, 1.807) is 0 Å². The number of benzene rings is 2. The summed E-state index contributed by atoms with van der Waals surface area (Å²) in [5.74, 6) is -0.255. The molecule has 1 atom stereocenters. The Labute approximate surface area is 133 Å². The molecule has 0 saturated carbocycles. The van der Waals surface area contributed by atoms with Crippen LogP contribution in [-0.2, 0) is 9.53 Å². The molecule has 112 valence electrons. The number of nitrogens with one attached hydrogen (secondary N) is 1. The van der Waals surface area contributed by atoms with E-state index in [1.165, 1.54) is 0 Å². The van der Waals surface area contributed by atoms with Crippen LogP contribution in [0.2, 0.25) is 0 Å². The average Bonchev–Trinajstić information content (AvgIpc) is 2.40. The van der Waals surface area contributed by atoms with Crippen molar-refractivity contribution in [3.63, 3.8) is 0 Å². The molecule has 0 heterocycles. The Morgan fingerprint density at radius 3 is 2.38 bits per heavy atom. The highest BCUT2D eigenvalue weighted by atomic mass is 79.9. The fourth-order valence-electron chi connectivity index (χ4n) is 2.07. The first-order valence-electron chi connectivity index (χ1n) is 6.94. The summed E-state index contributed by atoms with van der Waals surface area (Å²) in [6, 6.07) is 11.6. The molecule has 0 amide bonds. The number of halogens is 1. The Balaban J connectivity index is 2.24. The van der Waals surface area contributed by atoms with Gasteiger partial charge in [-0.15, -0.1) is 0 Å². The molecule has 2 rings (SSSR count). The van der Waals surface area contributed by atoms with Crippen LogP contribution < -0.4 is 5.32 Å². The zero-order valence-electron chi connectivity index (χ0n) is 12.7. The van der Waals surface area contributed by atoms with Crippen molar-refractivity contribution in [3.8, 4) is 0 Å². The molecule has 2 aromatic rings. The maximum Gasteiger partial charge on any atom is 0.328 e. The van der Waals surface area contributed by atoms with E-state index in [4.69, 9.17) is 4.74 Å². The first kappa shape index (κ1) is 15.8. The SMILES string of the molecule is CC(Nc1ccc(Br)c2ccccc12)C(=O)OC(C)(C)C. The van der Waals surface area contributed by atoms with E-state index in [9.17, 15) is 4.79 Å². The topological polar surface area (TPSA) is 38.3 Å². The van der Waals surface area contributed by atoms with Gasteiger partial charge in [-0.2, -0.15) is 0 Å². The van der Waals surface area contributed by atoms with Crippen LogP contribution in [0.5, 0.6) is 0 Å². The van der Waals surface area contributed by atoms with Gasteiger partial charge in [-0.1, -0.05) is 40.2 Å². The third-order valence-corrected chi connectivity index (χ3v) is 3.69. The zero-order chi connectivity index (χ0) is 15.6. The summed E-state index contributed by atoms with van der Waals surface area (Å²) in [7, 11) is 0. The number of carbonyl (C=O) groups is 1. The number of fused-ring (bicyclic) bond motifs is 1. The molecule has 0 radical (unpaired) electrons. The van der Waals surface area contributed by atoms with Crippen molar-refractivity contribution >= 4 is 38.4 Å². The Hall–Kier alpha value is -1.55. The minimum absolute atomic E-state index is 0.255. The van der Waals surface area contributed by atoms with Crippen molar-refractivity contribution in [1.82, 2.24) is 0 Å². The quantitative estimate of drug-likeness (QED) is 0.813. The standard InChI is InChI=1S/C17H20BrNO2/c1-11(16(20)21-17(2,3)4)19-15-10-9-14(18)12-7-5-6-8-13(12)15/h5-11,19H,1-4H3. The lowest BCUT2D eigenvalue weighted by molar-refractivity contribution is -0.155. The van der Waals surface area contributed by atoms with E-state index in [-0.39, 0.29) is 5.97 Å². The molecule has 4 heteroatoms. The molecule has 2 aromatic carbocycles. The Kier molecular flexibility index (Phi) is 4.57. The minimum atomic E-state index is -0.477. The van der Waals surface area contributed by atoms with Gasteiger partial charge < -0.3 is 10.1 Å². The molecule has 1 N–H and O–H groups in total. The second kappa shape index (κ2) is 6.06. The second-order valence-electron chi connectivity index (χ2n) is 6.04. The van der Waals surface area contributed by atoms with Gasteiger partial charge in [0.1, 0.15) is 11.6 Å². The Bertz CT molecular complexity index is 661. The Morgan fingerprint density at radius 1 is 1.14 bits per heavy atom. The number of anilines is 1. The van der Waals surface area contributed by atoms with Crippen molar-refractivity contribution in [2.45, 2.75) is 39.3 Å². The lowest BCUT2D eigenvalue weighted by atomic mass is 10.1. The van der Waals surface area contributed by atoms with Crippen molar-refractivity contribution in [3.05, 3.63) is 40.9 Å². The van der Waals surface area contributed by atoms with Crippen molar-refractivity contribution in [2.24, 2.45) is 0 Å². The molecule has 0 aliphatic carbocycles. The third-order valence-electron chi connectivity index (χ3n) is 3.00. The number of hydrogen-bond acceptors (Lipinski definition) is 3. The molecule has 0 aliphatic rings. The van der Waals surface area contributed by atoms with E-state index in [0.29, 0.717) is 0 Å². The van der Waals surface area contributed by atoms with Crippen LogP contribution >= 0.6 is 15.9 Å². The van der Waals surface area contributed by atoms with Gasteiger partial charge in [0.05, 0.1) is 0 Å². The zero-order valence-corrected chi connectivity index (χ0v) is 14.3. The van der Waals surface area contributed by atoms with Gasteiger partial charge in [0.25, 0.3) is 0 Å². The molecule has 21 heavy (non-hydrogen) atoms. The summed E-state index contributed by atoms with van der Waals surface area (Å²) in [5, 5.41) is 5.42. The second-order valence-corrected chi connectivity index (χ2v) is 6.89. The van der Waals surface area contributed by atoms with Crippen molar-refractivity contribution in [2.75, 3.05) is 5.32 Å². The van der Waals surface area contributed by atoms with Gasteiger partial charge in [0, 0.05) is 15.5 Å². The summed E-state index contributed by atoms with van der Waals surface area (Å²) in [5.41, 5.74) is 0.446. The fraction of sp³-hybridized carbons (Fsp3) is 0.353. The van der Waals surface area contributed by atoms with Gasteiger partial charge in [-0.25, -0.2) is 4.79 Å². The number of ether oxygens (including phenoxy) is 1. The van der Waals surface area contributed by atoms with Crippen LogP contribution in [0.15, 0.2) is 40.9 Å². The Morgan fingerprint density at radius 2 is 1.76 bits per heavy atom. The van der Waals surface area contributed by atoms with Gasteiger partial charge in [-0.3, -0.25) is 0 Å². The molecular formula is C17H20BrNO2. The smallest absolute Gasteiger partial charge is 0.328 e. The first-order valence-corrected chi connectivity index (χ1v) is 7.74. The van der Waals surface area contributed by atoms with Crippen LogP contribution in [0.4, 0.5) is 5.69 Å². The minimum Gasteiger partial charge on any atom is -0.458 e. The van der Waals surface area contributed by atoms with Gasteiger partial charge in [0.15, 0.2) is 0 Å². The molecule has 1 unspecified atom stereocenters. The van der Waals surface area contributed by atoms with Crippen LogP contribution in [0.3, 0.4) is 0 Å². The number of carbonyl (C=O) groups excluding carboxylic acids is 1. The largest absolute Gasteiger partial charge is 0.458 e. The van der Waals surface area contributed by atoms with E-state index in [0.717, 1.165) is 20.9 Å². The molecule has 0 aromatic heterocycles. The summed E-state index contributed by atoms with van der Waals surface area (Å²) >= 11 is 3.55. The molecular weight excluding hydrogens is 330 g/mol. The third kappa shape index (κ3) is 3.97. The van der Waals surface area contributed by atoms with Gasteiger partial charge in [-0.05, 0) is 45.2 Å². The van der Waals surface area contributed by atoms with Crippen molar-refractivity contribution < 1.29 is 9.53 Å². The summed E-state index contributed by atoms with van der Waals surface area (Å²) in [6.45, 7) is 7.41.